The summed E-state index contributed by atoms with van der Waals surface area (Å²) in [5.41, 5.74) is 0.973. The van der Waals surface area contributed by atoms with Crippen LogP contribution in [0.3, 0.4) is 0 Å². The van der Waals surface area contributed by atoms with Gasteiger partial charge in [0.25, 0.3) is 0 Å². The third-order valence-electron chi connectivity index (χ3n) is 4.33. The molecule has 0 bridgehead atoms. The fourth-order valence-electron chi connectivity index (χ4n) is 3.29. The first-order chi connectivity index (χ1) is 9.91. The molecule has 3 atom stereocenters. The van der Waals surface area contributed by atoms with Gasteiger partial charge in [-0.15, -0.1) is 0 Å². The number of benzene rings is 1. The van der Waals surface area contributed by atoms with E-state index in [1.807, 2.05) is 13.8 Å². The molecule has 0 unspecified atom stereocenters. The highest BCUT2D eigenvalue weighted by Crippen LogP contribution is 2.37. The Kier molecular flexibility index (Phi) is 3.71. The molecule has 0 spiro atoms. The second-order valence-electron chi connectivity index (χ2n) is 5.96. The largest absolute Gasteiger partial charge is 0.495 e. The number of hydrogen-bond acceptors (Lipinski definition) is 4. The topological polar surface area (TPSA) is 55.8 Å². The average molecular weight is 311 g/mol. The number of methoxy groups -OCH3 is 1. The molecular weight excluding hydrogens is 290 g/mol. The van der Waals surface area contributed by atoms with Crippen LogP contribution in [0.1, 0.15) is 18.9 Å². The molecule has 1 aromatic rings. The smallest absolute Gasteiger partial charge is 0.246 e. The Hall–Kier alpha value is -1.11. The lowest BCUT2D eigenvalue weighted by Crippen LogP contribution is -2.31. The van der Waals surface area contributed by atoms with Gasteiger partial charge in [0, 0.05) is 19.0 Å². The Balaban J connectivity index is 1.89. The number of sulfonamides is 1. The zero-order valence-corrected chi connectivity index (χ0v) is 13.4. The first kappa shape index (κ1) is 14.8. The molecule has 6 heteroatoms. The monoisotopic (exact) mass is 311 g/mol. The lowest BCUT2D eigenvalue weighted by atomic mass is 10.0. The van der Waals surface area contributed by atoms with Gasteiger partial charge in [0.1, 0.15) is 10.6 Å². The SMILES string of the molecule is COc1cc(C)ccc1S(=O)(=O)N1C[C@@H]2C[C@@H](C)O[C@@H]2C1. The highest BCUT2D eigenvalue weighted by molar-refractivity contribution is 7.89. The van der Waals surface area contributed by atoms with E-state index in [1.54, 1.807) is 18.2 Å². The standard InChI is InChI=1S/C15H21NO4S/c1-10-4-5-15(13(6-10)19-3)21(17,18)16-8-12-7-11(2)20-14(12)9-16/h4-6,11-12,14H,7-9H2,1-3H3/t11-,12+,14-/m1/s1. The van der Waals surface area contributed by atoms with Crippen LogP contribution < -0.4 is 4.74 Å². The summed E-state index contributed by atoms with van der Waals surface area (Å²) in [7, 11) is -2.03. The number of fused-ring (bicyclic) bond motifs is 1. The van der Waals surface area contributed by atoms with Gasteiger partial charge in [0.15, 0.2) is 0 Å². The molecule has 2 fully saturated rings. The van der Waals surface area contributed by atoms with E-state index in [0.29, 0.717) is 24.8 Å². The normalized spacial score (nSPS) is 29.6. The van der Waals surface area contributed by atoms with E-state index in [0.717, 1.165) is 12.0 Å². The van der Waals surface area contributed by atoms with Gasteiger partial charge < -0.3 is 9.47 Å². The van der Waals surface area contributed by atoms with Crippen molar-refractivity contribution in [2.45, 2.75) is 37.4 Å². The van der Waals surface area contributed by atoms with E-state index in [4.69, 9.17) is 9.47 Å². The van der Waals surface area contributed by atoms with Crippen molar-refractivity contribution in [2.75, 3.05) is 20.2 Å². The molecule has 2 heterocycles. The molecule has 0 amide bonds. The minimum Gasteiger partial charge on any atom is -0.495 e. The minimum atomic E-state index is -3.53. The first-order valence-corrected chi connectivity index (χ1v) is 8.66. The number of hydrogen-bond donors (Lipinski definition) is 0. The van der Waals surface area contributed by atoms with Crippen molar-refractivity contribution in [3.63, 3.8) is 0 Å². The van der Waals surface area contributed by atoms with Crippen LogP contribution in [0.2, 0.25) is 0 Å². The predicted octanol–water partition coefficient (Wildman–Crippen LogP) is 1.80. The predicted molar refractivity (Wildman–Crippen MR) is 78.9 cm³/mol. The molecule has 0 aromatic heterocycles. The molecule has 21 heavy (non-hydrogen) atoms. The van der Waals surface area contributed by atoms with Crippen LogP contribution >= 0.6 is 0 Å². The third kappa shape index (κ3) is 2.56. The molecule has 3 rings (SSSR count). The Bertz CT molecular complexity index is 629. The maximum absolute atomic E-state index is 12.8. The van der Waals surface area contributed by atoms with Crippen LogP contribution in [0.15, 0.2) is 23.1 Å². The van der Waals surface area contributed by atoms with Gasteiger partial charge in [-0.1, -0.05) is 6.07 Å². The molecule has 0 aliphatic carbocycles. The van der Waals surface area contributed by atoms with E-state index in [-0.39, 0.29) is 17.1 Å². The third-order valence-corrected chi connectivity index (χ3v) is 6.20. The summed E-state index contributed by atoms with van der Waals surface area (Å²) in [4.78, 5) is 0.239. The van der Waals surface area contributed by atoms with Crippen molar-refractivity contribution in [2.24, 2.45) is 5.92 Å². The Morgan fingerprint density at radius 2 is 2.10 bits per heavy atom. The second kappa shape index (κ2) is 5.26. The van der Waals surface area contributed by atoms with Crippen molar-refractivity contribution in [3.8, 4) is 5.75 Å². The lowest BCUT2D eigenvalue weighted by molar-refractivity contribution is 0.0541. The van der Waals surface area contributed by atoms with Crippen LogP contribution in [0.25, 0.3) is 0 Å². The highest BCUT2D eigenvalue weighted by atomic mass is 32.2. The van der Waals surface area contributed by atoms with Gasteiger partial charge in [0.2, 0.25) is 10.0 Å². The van der Waals surface area contributed by atoms with Gasteiger partial charge >= 0.3 is 0 Å². The number of aryl methyl sites for hydroxylation is 1. The number of ether oxygens (including phenoxy) is 2. The van der Waals surface area contributed by atoms with Gasteiger partial charge in [-0.05, 0) is 38.0 Å². The van der Waals surface area contributed by atoms with Crippen LogP contribution in [0, 0.1) is 12.8 Å². The van der Waals surface area contributed by atoms with E-state index in [2.05, 4.69) is 0 Å². The van der Waals surface area contributed by atoms with Gasteiger partial charge in [-0.3, -0.25) is 0 Å². The quantitative estimate of drug-likeness (QED) is 0.854. The molecule has 2 aliphatic rings. The summed E-state index contributed by atoms with van der Waals surface area (Å²) in [6.45, 7) is 4.93. The molecule has 5 nitrogen and oxygen atoms in total. The summed E-state index contributed by atoms with van der Waals surface area (Å²) in [6, 6.07) is 5.17. The van der Waals surface area contributed by atoms with Crippen LogP contribution in [0.4, 0.5) is 0 Å². The molecule has 116 valence electrons. The van der Waals surface area contributed by atoms with Gasteiger partial charge in [-0.2, -0.15) is 4.31 Å². The van der Waals surface area contributed by atoms with Crippen LogP contribution in [0.5, 0.6) is 5.75 Å². The van der Waals surface area contributed by atoms with Gasteiger partial charge in [-0.25, -0.2) is 8.42 Å². The van der Waals surface area contributed by atoms with E-state index in [1.165, 1.54) is 11.4 Å². The zero-order valence-electron chi connectivity index (χ0n) is 12.6. The Labute approximate surface area is 125 Å². The molecule has 0 radical (unpaired) electrons. The van der Waals surface area contributed by atoms with Crippen LogP contribution in [-0.4, -0.2) is 45.1 Å². The summed E-state index contributed by atoms with van der Waals surface area (Å²) in [6.07, 6.45) is 1.20. The van der Waals surface area contributed by atoms with Crippen molar-refractivity contribution < 1.29 is 17.9 Å². The zero-order chi connectivity index (χ0) is 15.2. The summed E-state index contributed by atoms with van der Waals surface area (Å²) < 4.78 is 38.2. The molecule has 0 saturated carbocycles. The lowest BCUT2D eigenvalue weighted by Gasteiger charge is -2.20. The summed E-state index contributed by atoms with van der Waals surface area (Å²) >= 11 is 0. The number of nitrogens with zero attached hydrogens (tertiary/aromatic N) is 1. The molecule has 1 aromatic carbocycles. The van der Waals surface area contributed by atoms with Crippen molar-refractivity contribution >= 4 is 10.0 Å². The average Bonchev–Trinajstić information content (AvgIpc) is 2.95. The van der Waals surface area contributed by atoms with Crippen molar-refractivity contribution in [1.29, 1.82) is 0 Å². The minimum absolute atomic E-state index is 0.0335. The van der Waals surface area contributed by atoms with E-state index >= 15 is 0 Å². The second-order valence-corrected chi connectivity index (χ2v) is 7.86. The van der Waals surface area contributed by atoms with Crippen LogP contribution in [-0.2, 0) is 14.8 Å². The fraction of sp³-hybridized carbons (Fsp3) is 0.600. The number of rotatable bonds is 3. The summed E-state index contributed by atoms with van der Waals surface area (Å²) in [5.74, 6) is 0.715. The summed E-state index contributed by atoms with van der Waals surface area (Å²) in [5, 5.41) is 0. The van der Waals surface area contributed by atoms with Crippen molar-refractivity contribution in [3.05, 3.63) is 23.8 Å². The van der Waals surface area contributed by atoms with Crippen molar-refractivity contribution in [1.82, 2.24) is 4.31 Å². The Morgan fingerprint density at radius 3 is 2.76 bits per heavy atom. The highest BCUT2D eigenvalue weighted by Gasteiger charge is 2.45. The Morgan fingerprint density at radius 1 is 1.33 bits per heavy atom. The van der Waals surface area contributed by atoms with Gasteiger partial charge in [0.05, 0.1) is 19.3 Å². The maximum Gasteiger partial charge on any atom is 0.246 e. The molecule has 2 aliphatic heterocycles. The van der Waals surface area contributed by atoms with E-state index in [9.17, 15) is 8.42 Å². The first-order valence-electron chi connectivity index (χ1n) is 7.22. The molecule has 2 saturated heterocycles. The molecule has 0 N–H and O–H groups in total. The maximum atomic E-state index is 12.8. The molecular formula is C15H21NO4S. The van der Waals surface area contributed by atoms with E-state index < -0.39 is 10.0 Å². The fourth-order valence-corrected chi connectivity index (χ4v) is 4.93.